The van der Waals surface area contributed by atoms with E-state index in [9.17, 15) is 18.0 Å². The summed E-state index contributed by atoms with van der Waals surface area (Å²) in [6.07, 6.45) is 0.189. The molecule has 0 fully saturated rings. The van der Waals surface area contributed by atoms with Crippen LogP contribution in [-0.4, -0.2) is 44.3 Å². The first-order valence-electron chi connectivity index (χ1n) is 14.7. The maximum absolute atomic E-state index is 14.5. The molecule has 7 nitrogen and oxygen atoms in total. The summed E-state index contributed by atoms with van der Waals surface area (Å²) in [6, 6.07) is 28.3. The molecule has 0 aliphatic rings. The van der Waals surface area contributed by atoms with Gasteiger partial charge in [0, 0.05) is 35.1 Å². The van der Waals surface area contributed by atoms with Crippen molar-refractivity contribution in [2.24, 2.45) is 5.92 Å². The molecule has 0 heterocycles. The van der Waals surface area contributed by atoms with Gasteiger partial charge in [0.2, 0.25) is 11.8 Å². The van der Waals surface area contributed by atoms with Crippen LogP contribution in [0.1, 0.15) is 30.5 Å². The van der Waals surface area contributed by atoms with Gasteiger partial charge in [-0.15, -0.1) is 0 Å². The number of benzene rings is 4. The Bertz CT molecular complexity index is 1700. The van der Waals surface area contributed by atoms with E-state index < -0.39 is 28.5 Å². The van der Waals surface area contributed by atoms with E-state index in [-0.39, 0.29) is 29.7 Å². The molecule has 0 radical (unpaired) electrons. The lowest BCUT2D eigenvalue weighted by Crippen LogP contribution is -2.53. The number of anilines is 1. The van der Waals surface area contributed by atoms with Gasteiger partial charge >= 0.3 is 0 Å². The molecule has 0 aliphatic carbocycles. The molecule has 45 heavy (non-hydrogen) atoms. The maximum atomic E-state index is 14.5. The van der Waals surface area contributed by atoms with E-state index >= 15 is 0 Å². The van der Waals surface area contributed by atoms with Gasteiger partial charge in [0.1, 0.15) is 12.6 Å². The number of nitrogens with zero attached hydrogens (tertiary/aromatic N) is 2. The Balaban J connectivity index is 1.83. The summed E-state index contributed by atoms with van der Waals surface area (Å²) in [5.41, 5.74) is 2.43. The van der Waals surface area contributed by atoms with Crippen molar-refractivity contribution in [2.75, 3.05) is 17.4 Å². The first-order chi connectivity index (χ1) is 21.5. The van der Waals surface area contributed by atoms with Crippen LogP contribution in [0.4, 0.5) is 5.69 Å². The summed E-state index contributed by atoms with van der Waals surface area (Å²) in [5.74, 6) is -0.786. The third-order valence-electron chi connectivity index (χ3n) is 7.25. The molecular weight excluding hydrogens is 629 g/mol. The Morgan fingerprint density at radius 3 is 2.02 bits per heavy atom. The fourth-order valence-corrected chi connectivity index (χ4v) is 6.81. The summed E-state index contributed by atoms with van der Waals surface area (Å²) in [7, 11) is -4.18. The van der Waals surface area contributed by atoms with E-state index in [1.54, 1.807) is 54.6 Å². The molecule has 0 aromatic heterocycles. The van der Waals surface area contributed by atoms with Crippen molar-refractivity contribution in [3.8, 4) is 0 Å². The van der Waals surface area contributed by atoms with Crippen LogP contribution in [0, 0.1) is 12.8 Å². The summed E-state index contributed by atoms with van der Waals surface area (Å²) < 4.78 is 29.2. The monoisotopic (exact) mass is 665 g/mol. The zero-order valence-corrected chi connectivity index (χ0v) is 27.8. The third-order valence-corrected chi connectivity index (χ3v) is 9.74. The molecule has 10 heteroatoms. The average molecular weight is 667 g/mol. The van der Waals surface area contributed by atoms with Crippen LogP contribution >= 0.6 is 23.2 Å². The fourth-order valence-electron chi connectivity index (χ4n) is 4.86. The van der Waals surface area contributed by atoms with E-state index in [0.717, 1.165) is 15.4 Å². The normalized spacial score (nSPS) is 12.0. The van der Waals surface area contributed by atoms with E-state index in [4.69, 9.17) is 23.2 Å². The van der Waals surface area contributed by atoms with Crippen molar-refractivity contribution in [3.63, 3.8) is 0 Å². The molecular formula is C35H37Cl2N3O4S. The van der Waals surface area contributed by atoms with E-state index in [2.05, 4.69) is 5.32 Å². The predicted molar refractivity (Wildman–Crippen MR) is 181 cm³/mol. The number of rotatable bonds is 13. The van der Waals surface area contributed by atoms with Gasteiger partial charge in [-0.3, -0.25) is 13.9 Å². The van der Waals surface area contributed by atoms with Gasteiger partial charge in [0.05, 0.1) is 10.6 Å². The number of nitrogens with one attached hydrogen (secondary N) is 1. The van der Waals surface area contributed by atoms with Crippen LogP contribution in [0.3, 0.4) is 0 Å². The second-order valence-electron chi connectivity index (χ2n) is 11.2. The fraction of sp³-hybridized carbons (Fsp3) is 0.257. The van der Waals surface area contributed by atoms with Crippen molar-refractivity contribution >= 4 is 50.7 Å². The number of carbonyl (C=O) groups is 2. The van der Waals surface area contributed by atoms with E-state index in [0.29, 0.717) is 27.8 Å². The van der Waals surface area contributed by atoms with Crippen molar-refractivity contribution in [1.82, 2.24) is 10.2 Å². The first kappa shape index (κ1) is 34.0. The molecule has 0 bridgehead atoms. The van der Waals surface area contributed by atoms with E-state index in [1.165, 1.54) is 17.0 Å². The SMILES string of the molecule is Cc1cccc(N(CC(=O)N(Cc2c(Cl)cccc2Cl)[C@H](Cc2ccccc2)C(=O)NCC(C)C)S(=O)(=O)c2ccccc2)c1. The Kier molecular flexibility index (Phi) is 11.7. The molecule has 0 aliphatic heterocycles. The number of hydrogen-bond acceptors (Lipinski definition) is 4. The van der Waals surface area contributed by atoms with Gasteiger partial charge in [-0.2, -0.15) is 0 Å². The summed E-state index contributed by atoms with van der Waals surface area (Å²) in [6.45, 7) is 5.53. The molecule has 4 rings (SSSR count). The molecule has 0 saturated carbocycles. The highest BCUT2D eigenvalue weighted by molar-refractivity contribution is 7.92. The van der Waals surface area contributed by atoms with Gasteiger partial charge in [-0.05, 0) is 60.4 Å². The minimum Gasteiger partial charge on any atom is -0.354 e. The van der Waals surface area contributed by atoms with Crippen molar-refractivity contribution in [2.45, 2.75) is 44.7 Å². The molecule has 4 aromatic carbocycles. The molecule has 4 aromatic rings. The molecule has 1 N–H and O–H groups in total. The highest BCUT2D eigenvalue weighted by Gasteiger charge is 2.35. The Morgan fingerprint density at radius 1 is 0.822 bits per heavy atom. The van der Waals surface area contributed by atoms with Crippen molar-refractivity contribution < 1.29 is 18.0 Å². The van der Waals surface area contributed by atoms with Crippen LogP contribution < -0.4 is 9.62 Å². The largest absolute Gasteiger partial charge is 0.354 e. The van der Waals surface area contributed by atoms with Crippen molar-refractivity contribution in [3.05, 3.63) is 130 Å². The number of halogens is 2. The average Bonchev–Trinajstić information content (AvgIpc) is 3.02. The quantitative estimate of drug-likeness (QED) is 0.168. The van der Waals surface area contributed by atoms with Crippen LogP contribution in [0.2, 0.25) is 10.0 Å². The zero-order chi connectivity index (χ0) is 32.6. The lowest BCUT2D eigenvalue weighted by atomic mass is 10.0. The highest BCUT2D eigenvalue weighted by Crippen LogP contribution is 2.29. The van der Waals surface area contributed by atoms with Gasteiger partial charge in [0.25, 0.3) is 10.0 Å². The Hall–Kier alpha value is -3.85. The van der Waals surface area contributed by atoms with Crippen LogP contribution in [0.5, 0.6) is 0 Å². The lowest BCUT2D eigenvalue weighted by Gasteiger charge is -2.34. The van der Waals surface area contributed by atoms with Crippen LogP contribution in [-0.2, 0) is 32.6 Å². The van der Waals surface area contributed by atoms with Gasteiger partial charge in [0.15, 0.2) is 0 Å². The number of amides is 2. The van der Waals surface area contributed by atoms with Crippen LogP contribution in [0.25, 0.3) is 0 Å². The molecule has 0 saturated heterocycles. The smallest absolute Gasteiger partial charge is 0.264 e. The van der Waals surface area contributed by atoms with Crippen LogP contribution in [0.15, 0.2) is 108 Å². The van der Waals surface area contributed by atoms with Gasteiger partial charge in [-0.25, -0.2) is 8.42 Å². The standard InChI is InChI=1S/C35H37Cl2N3O4S/c1-25(2)22-38-35(42)33(21-27-13-6-4-7-14-27)39(23-30-31(36)18-11-19-32(30)37)34(41)24-40(28-15-10-12-26(3)20-28)45(43,44)29-16-8-5-9-17-29/h4-20,25,33H,21-24H2,1-3H3,(H,38,42)/t33-/m1/s1. The Morgan fingerprint density at radius 2 is 1.42 bits per heavy atom. The number of sulfonamides is 1. The molecule has 0 unspecified atom stereocenters. The number of aryl methyl sites for hydroxylation is 1. The molecule has 2 amide bonds. The zero-order valence-electron chi connectivity index (χ0n) is 25.5. The topological polar surface area (TPSA) is 86.8 Å². The maximum Gasteiger partial charge on any atom is 0.264 e. The highest BCUT2D eigenvalue weighted by atomic mass is 35.5. The number of carbonyl (C=O) groups excluding carboxylic acids is 2. The van der Waals surface area contributed by atoms with E-state index in [1.807, 2.05) is 57.2 Å². The second-order valence-corrected chi connectivity index (χ2v) is 13.9. The summed E-state index contributed by atoms with van der Waals surface area (Å²) in [5, 5.41) is 3.63. The van der Waals surface area contributed by atoms with Crippen molar-refractivity contribution in [1.29, 1.82) is 0 Å². The minimum absolute atomic E-state index is 0.0375. The molecule has 236 valence electrons. The predicted octanol–water partition coefficient (Wildman–Crippen LogP) is 6.91. The Labute approximate surface area is 275 Å². The van der Waals surface area contributed by atoms with Gasteiger partial charge in [-0.1, -0.05) is 104 Å². The second kappa shape index (κ2) is 15.4. The molecule has 0 spiro atoms. The minimum atomic E-state index is -4.18. The lowest BCUT2D eigenvalue weighted by molar-refractivity contribution is -0.140. The third kappa shape index (κ3) is 8.87. The molecule has 1 atom stereocenters. The summed E-state index contributed by atoms with van der Waals surface area (Å²) in [4.78, 5) is 29.8. The van der Waals surface area contributed by atoms with Gasteiger partial charge < -0.3 is 10.2 Å². The summed E-state index contributed by atoms with van der Waals surface area (Å²) >= 11 is 13.1. The number of hydrogen-bond donors (Lipinski definition) is 1. The first-order valence-corrected chi connectivity index (χ1v) is 16.9.